The van der Waals surface area contributed by atoms with Gasteiger partial charge >= 0.3 is 0 Å². The molecule has 1 saturated heterocycles. The van der Waals surface area contributed by atoms with E-state index in [-0.39, 0.29) is 40.9 Å². The van der Waals surface area contributed by atoms with Gasteiger partial charge in [-0.15, -0.1) is 0 Å². The van der Waals surface area contributed by atoms with Crippen LogP contribution < -0.4 is 25.0 Å². The van der Waals surface area contributed by atoms with Crippen LogP contribution in [0.2, 0.25) is 18.1 Å². The molecule has 0 spiro atoms. The summed E-state index contributed by atoms with van der Waals surface area (Å²) in [7, 11) is -3.83. The van der Waals surface area contributed by atoms with Gasteiger partial charge in [0.05, 0.1) is 26.7 Å². The number of hydrogen-bond acceptors (Lipinski definition) is 10. The Morgan fingerprint density at radius 1 is 1.12 bits per heavy atom. The highest BCUT2D eigenvalue weighted by atomic mass is 32.2. The first kappa shape index (κ1) is 34.2. The number of aryl methyl sites for hydroxylation is 1. The highest BCUT2D eigenvalue weighted by Crippen LogP contribution is 2.41. The SMILES string of the molecule is COc1cccc(OC)c1/N=C(/NNC(=O)[C@H]1CCOC1)NS(=O)(=O)C(C)C(O[Si](C)(C)C(C)(C)C)c1ncc(C)cn1. The van der Waals surface area contributed by atoms with Gasteiger partial charge in [0.2, 0.25) is 21.9 Å². The van der Waals surface area contributed by atoms with Crippen molar-refractivity contribution in [2.75, 3.05) is 27.4 Å². The minimum atomic E-state index is -4.24. The zero-order valence-electron chi connectivity index (χ0n) is 26.3. The lowest BCUT2D eigenvalue weighted by Gasteiger charge is -2.40. The molecule has 3 rings (SSSR count). The van der Waals surface area contributed by atoms with Crippen molar-refractivity contribution in [1.29, 1.82) is 0 Å². The Labute approximate surface area is 255 Å². The molecule has 0 saturated carbocycles. The second kappa shape index (κ2) is 14.0. The third kappa shape index (κ3) is 8.65. The van der Waals surface area contributed by atoms with E-state index >= 15 is 0 Å². The molecule has 3 atom stereocenters. The maximum Gasteiger partial charge on any atom is 0.243 e. The maximum atomic E-state index is 14.0. The number of amides is 1. The zero-order valence-corrected chi connectivity index (χ0v) is 28.2. The summed E-state index contributed by atoms with van der Waals surface area (Å²) in [6.07, 6.45) is 2.81. The average molecular weight is 637 g/mol. The summed E-state index contributed by atoms with van der Waals surface area (Å²) in [5.74, 6) is -0.122. The second-order valence-corrected chi connectivity index (χ2v) is 18.7. The van der Waals surface area contributed by atoms with Crippen molar-refractivity contribution in [3.05, 3.63) is 42.0 Å². The molecule has 43 heavy (non-hydrogen) atoms. The first-order chi connectivity index (χ1) is 20.1. The van der Waals surface area contributed by atoms with Gasteiger partial charge in [-0.3, -0.25) is 20.4 Å². The van der Waals surface area contributed by atoms with Crippen LogP contribution in [0.4, 0.5) is 5.69 Å². The standard InChI is InChI=1S/C28H44N6O7SSi/c1-18-15-29-25(30-16-18)24(41-43(8,9)28(3,4)5)19(2)42(36,37)34-27(33-32-26(35)20-13-14-40-17-20)31-23-21(38-6)11-10-12-22(23)39-7/h10-12,15-16,19-20,24H,13-14,17H2,1-9H3,(H,32,35)(H2,31,33,34)/t19?,20-,24?/m0/s1. The van der Waals surface area contributed by atoms with Gasteiger partial charge in [-0.2, -0.15) is 0 Å². The Balaban J connectivity index is 2.02. The van der Waals surface area contributed by atoms with Crippen LogP contribution >= 0.6 is 0 Å². The summed E-state index contributed by atoms with van der Waals surface area (Å²) < 4.78 is 53.3. The number of carbonyl (C=O) groups excluding carboxylic acids is 1. The van der Waals surface area contributed by atoms with Crippen LogP contribution in [-0.2, 0) is 24.0 Å². The number of methoxy groups -OCH3 is 2. The van der Waals surface area contributed by atoms with E-state index < -0.39 is 29.7 Å². The predicted octanol–water partition coefficient (Wildman–Crippen LogP) is 3.52. The van der Waals surface area contributed by atoms with Crippen molar-refractivity contribution in [1.82, 2.24) is 25.5 Å². The monoisotopic (exact) mass is 636 g/mol. The molecule has 0 radical (unpaired) electrons. The van der Waals surface area contributed by atoms with Crippen molar-refractivity contribution < 1.29 is 31.8 Å². The van der Waals surface area contributed by atoms with Crippen LogP contribution in [0.15, 0.2) is 35.6 Å². The van der Waals surface area contributed by atoms with Gasteiger partial charge in [-0.1, -0.05) is 26.8 Å². The smallest absolute Gasteiger partial charge is 0.243 e. The van der Waals surface area contributed by atoms with E-state index in [4.69, 9.17) is 18.6 Å². The Kier molecular flexibility index (Phi) is 11.1. The van der Waals surface area contributed by atoms with Gasteiger partial charge in [0.25, 0.3) is 0 Å². The van der Waals surface area contributed by atoms with Gasteiger partial charge in [-0.25, -0.2) is 23.4 Å². The number of rotatable bonds is 10. The molecule has 1 amide bonds. The molecule has 1 aliphatic heterocycles. The van der Waals surface area contributed by atoms with E-state index in [1.165, 1.54) is 21.1 Å². The second-order valence-electron chi connectivity index (χ2n) is 11.9. The van der Waals surface area contributed by atoms with Crippen LogP contribution in [0.3, 0.4) is 0 Å². The molecule has 3 N–H and O–H groups in total. The number of sulfonamides is 1. The summed E-state index contributed by atoms with van der Waals surface area (Å²) in [5.41, 5.74) is 6.23. The van der Waals surface area contributed by atoms with Crippen molar-refractivity contribution in [3.8, 4) is 11.5 Å². The van der Waals surface area contributed by atoms with Crippen LogP contribution in [0.5, 0.6) is 11.5 Å². The van der Waals surface area contributed by atoms with Crippen molar-refractivity contribution in [2.24, 2.45) is 10.9 Å². The molecule has 1 aromatic carbocycles. The summed E-state index contributed by atoms with van der Waals surface area (Å²) in [6, 6.07) is 5.02. The van der Waals surface area contributed by atoms with E-state index in [0.29, 0.717) is 24.5 Å². The molecular weight excluding hydrogens is 592 g/mol. The van der Waals surface area contributed by atoms with Crippen LogP contribution in [0.1, 0.15) is 51.6 Å². The molecule has 13 nitrogen and oxygen atoms in total. The van der Waals surface area contributed by atoms with Crippen LogP contribution in [-0.4, -0.2) is 71.3 Å². The molecule has 2 aromatic rings. The summed E-state index contributed by atoms with van der Waals surface area (Å²) in [5, 5.41) is -1.38. The number of benzene rings is 1. The Bertz CT molecular complexity index is 1370. The predicted molar refractivity (Wildman–Crippen MR) is 166 cm³/mol. The van der Waals surface area contributed by atoms with Crippen molar-refractivity contribution >= 4 is 35.9 Å². The normalized spacial score (nSPS) is 17.6. The largest absolute Gasteiger partial charge is 0.494 e. The molecule has 2 heterocycles. The first-order valence-electron chi connectivity index (χ1n) is 14.0. The van der Waals surface area contributed by atoms with E-state index in [9.17, 15) is 13.2 Å². The van der Waals surface area contributed by atoms with Gasteiger partial charge in [-0.05, 0) is 56.1 Å². The zero-order chi connectivity index (χ0) is 32.0. The van der Waals surface area contributed by atoms with E-state index in [2.05, 4.69) is 51.3 Å². The Morgan fingerprint density at radius 2 is 1.72 bits per heavy atom. The van der Waals surface area contributed by atoms with E-state index in [1.54, 1.807) is 30.6 Å². The summed E-state index contributed by atoms with van der Waals surface area (Å²) >= 11 is 0. The number of carbonyl (C=O) groups is 1. The number of ether oxygens (including phenoxy) is 3. The van der Waals surface area contributed by atoms with E-state index in [0.717, 1.165) is 5.56 Å². The first-order valence-corrected chi connectivity index (χ1v) is 18.5. The highest BCUT2D eigenvalue weighted by molar-refractivity contribution is 7.90. The third-order valence-corrected chi connectivity index (χ3v) is 13.8. The molecular formula is C28H44N6O7SSi. The van der Waals surface area contributed by atoms with Crippen LogP contribution in [0.25, 0.3) is 0 Å². The molecule has 15 heteroatoms. The fourth-order valence-corrected chi connectivity index (χ4v) is 6.34. The molecule has 2 unspecified atom stereocenters. The Morgan fingerprint density at radius 3 is 2.23 bits per heavy atom. The molecule has 1 fully saturated rings. The number of guanidine groups is 1. The highest BCUT2D eigenvalue weighted by Gasteiger charge is 2.44. The van der Waals surface area contributed by atoms with Gasteiger partial charge in [0.1, 0.15) is 22.9 Å². The minimum Gasteiger partial charge on any atom is -0.494 e. The molecule has 0 aliphatic carbocycles. The number of nitrogens with zero attached hydrogens (tertiary/aromatic N) is 3. The molecule has 1 aliphatic rings. The number of nitrogens with one attached hydrogen (secondary N) is 3. The molecule has 238 valence electrons. The van der Waals surface area contributed by atoms with Crippen molar-refractivity contribution in [2.45, 2.75) is 70.5 Å². The topological polar surface area (TPSA) is 162 Å². The number of hydrogen-bond donors (Lipinski definition) is 3. The van der Waals surface area contributed by atoms with Crippen molar-refractivity contribution in [3.63, 3.8) is 0 Å². The van der Waals surface area contributed by atoms with Crippen LogP contribution in [0, 0.1) is 12.8 Å². The fraction of sp³-hybridized carbons (Fsp3) is 0.571. The summed E-state index contributed by atoms with van der Waals surface area (Å²) in [4.78, 5) is 26.1. The number of hydrazine groups is 1. The molecule has 1 aromatic heterocycles. The lowest BCUT2D eigenvalue weighted by Crippen LogP contribution is -2.53. The lowest BCUT2D eigenvalue weighted by atomic mass is 10.1. The van der Waals surface area contributed by atoms with Gasteiger partial charge in [0.15, 0.2) is 19.8 Å². The number of para-hydroxylation sites is 1. The average Bonchev–Trinajstić information content (AvgIpc) is 3.49. The number of aromatic nitrogens is 2. The quantitative estimate of drug-likeness (QED) is 0.152. The fourth-order valence-electron chi connectivity index (χ4n) is 3.89. The third-order valence-electron chi connectivity index (χ3n) is 7.67. The van der Waals surface area contributed by atoms with Gasteiger partial charge < -0.3 is 18.6 Å². The maximum absolute atomic E-state index is 14.0. The lowest BCUT2D eigenvalue weighted by molar-refractivity contribution is -0.125. The molecule has 0 bridgehead atoms. The summed E-state index contributed by atoms with van der Waals surface area (Å²) in [6.45, 7) is 14.4. The minimum absolute atomic E-state index is 0.208. The van der Waals surface area contributed by atoms with Gasteiger partial charge in [0, 0.05) is 19.0 Å². The van der Waals surface area contributed by atoms with E-state index in [1.807, 2.05) is 20.0 Å². The number of aliphatic imine (C=N–C) groups is 1. The Hall–Kier alpha value is -3.27.